The molecule has 0 bridgehead atoms. The number of anilines is 1. The molecule has 1 aromatic rings. The van der Waals surface area contributed by atoms with E-state index in [1.807, 2.05) is 11.8 Å². The van der Waals surface area contributed by atoms with E-state index in [1.54, 1.807) is 0 Å². The van der Waals surface area contributed by atoms with Crippen LogP contribution in [0.5, 0.6) is 0 Å². The average Bonchev–Trinajstić information content (AvgIpc) is 2.70. The molecule has 0 saturated carbocycles. The highest BCUT2D eigenvalue weighted by atomic mass is 32.2. The van der Waals surface area contributed by atoms with Gasteiger partial charge in [-0.25, -0.2) is 0 Å². The lowest BCUT2D eigenvalue weighted by molar-refractivity contribution is 0.529. The number of hydrogen-bond donors (Lipinski definition) is 1. The maximum Gasteiger partial charge on any atom is 0.161 e. The monoisotopic (exact) mass is 262 g/mol. The molecular weight excluding hydrogens is 240 g/mol. The van der Waals surface area contributed by atoms with E-state index in [2.05, 4.69) is 51.2 Å². The number of rotatable bonds is 3. The molecule has 1 aliphatic heterocycles. The maximum atomic E-state index is 4.74. The lowest BCUT2D eigenvalue weighted by Gasteiger charge is -2.08. The van der Waals surface area contributed by atoms with Crippen LogP contribution in [0.25, 0.3) is 0 Å². The van der Waals surface area contributed by atoms with Crippen LogP contribution in [0.3, 0.4) is 0 Å². The lowest BCUT2D eigenvalue weighted by Crippen LogP contribution is -2.08. The Balaban J connectivity index is 1.99. The van der Waals surface area contributed by atoms with E-state index in [1.165, 1.54) is 17.5 Å². The van der Waals surface area contributed by atoms with Gasteiger partial charge in [0, 0.05) is 11.4 Å². The molecule has 0 fully saturated rings. The third-order valence-corrected chi connectivity index (χ3v) is 4.25. The second-order valence-electron chi connectivity index (χ2n) is 5.45. The van der Waals surface area contributed by atoms with Gasteiger partial charge in [0.15, 0.2) is 5.17 Å². The maximum absolute atomic E-state index is 4.74. The molecule has 0 radical (unpaired) electrons. The van der Waals surface area contributed by atoms with Crippen molar-refractivity contribution in [1.82, 2.24) is 0 Å². The van der Waals surface area contributed by atoms with Crippen molar-refractivity contribution in [2.75, 3.05) is 11.1 Å². The zero-order valence-corrected chi connectivity index (χ0v) is 12.5. The van der Waals surface area contributed by atoms with Crippen molar-refractivity contribution >= 4 is 22.6 Å². The Kier molecular flexibility index (Phi) is 4.33. The van der Waals surface area contributed by atoms with Crippen LogP contribution in [0.15, 0.2) is 23.2 Å². The fourth-order valence-corrected chi connectivity index (χ4v) is 3.07. The van der Waals surface area contributed by atoms with E-state index >= 15 is 0 Å². The molecule has 0 saturated heterocycles. The first-order valence-electron chi connectivity index (χ1n) is 6.59. The molecule has 0 aromatic heterocycles. The molecule has 18 heavy (non-hydrogen) atoms. The van der Waals surface area contributed by atoms with E-state index in [-0.39, 0.29) is 0 Å². The van der Waals surface area contributed by atoms with Gasteiger partial charge in [0.25, 0.3) is 0 Å². The summed E-state index contributed by atoms with van der Waals surface area (Å²) in [6.45, 7) is 8.80. The molecule has 1 unspecified atom stereocenters. The molecule has 0 amide bonds. The number of nitrogens with zero attached hydrogens (tertiary/aromatic N) is 1. The number of amidine groups is 1. The van der Waals surface area contributed by atoms with E-state index in [4.69, 9.17) is 4.99 Å². The Morgan fingerprint density at radius 2 is 2.11 bits per heavy atom. The molecule has 3 heteroatoms. The summed E-state index contributed by atoms with van der Waals surface area (Å²) >= 11 is 1.84. The topological polar surface area (TPSA) is 24.4 Å². The fraction of sp³-hybridized carbons (Fsp3) is 0.533. The molecule has 1 heterocycles. The summed E-state index contributed by atoms with van der Waals surface area (Å²) in [5, 5.41) is 4.50. The van der Waals surface area contributed by atoms with Crippen LogP contribution in [-0.4, -0.2) is 17.0 Å². The van der Waals surface area contributed by atoms with E-state index in [9.17, 15) is 0 Å². The van der Waals surface area contributed by atoms with Crippen LogP contribution in [0, 0.1) is 19.8 Å². The van der Waals surface area contributed by atoms with Gasteiger partial charge in [-0.05, 0) is 49.4 Å². The van der Waals surface area contributed by atoms with Crippen LogP contribution in [0.4, 0.5) is 5.69 Å². The minimum Gasteiger partial charge on any atom is -0.335 e. The number of hydrogen-bond acceptors (Lipinski definition) is 3. The Hall–Kier alpha value is -0.960. The summed E-state index contributed by atoms with van der Waals surface area (Å²) in [5.74, 6) is 1.84. The molecule has 98 valence electrons. The SMILES string of the molecule is Cc1ccc(NC2=NC(CC(C)C)CS2)cc1C. The fourth-order valence-electron chi connectivity index (χ4n) is 2.09. The van der Waals surface area contributed by atoms with Crippen LogP contribution in [-0.2, 0) is 0 Å². The van der Waals surface area contributed by atoms with Gasteiger partial charge in [0.2, 0.25) is 0 Å². The van der Waals surface area contributed by atoms with Crippen LogP contribution < -0.4 is 5.32 Å². The van der Waals surface area contributed by atoms with Gasteiger partial charge in [-0.3, -0.25) is 4.99 Å². The molecule has 0 spiro atoms. The summed E-state index contributed by atoms with van der Waals surface area (Å²) in [5.41, 5.74) is 3.80. The van der Waals surface area contributed by atoms with Crippen molar-refractivity contribution < 1.29 is 0 Å². The summed E-state index contributed by atoms with van der Waals surface area (Å²) in [6.07, 6.45) is 1.19. The van der Waals surface area contributed by atoms with E-state index in [0.29, 0.717) is 6.04 Å². The zero-order chi connectivity index (χ0) is 13.1. The summed E-state index contributed by atoms with van der Waals surface area (Å²) in [6, 6.07) is 6.96. The van der Waals surface area contributed by atoms with E-state index < -0.39 is 0 Å². The van der Waals surface area contributed by atoms with Crippen molar-refractivity contribution in [3.63, 3.8) is 0 Å². The number of aliphatic imine (C=N–C) groups is 1. The van der Waals surface area contributed by atoms with E-state index in [0.717, 1.165) is 22.5 Å². The van der Waals surface area contributed by atoms with Gasteiger partial charge < -0.3 is 5.32 Å². The smallest absolute Gasteiger partial charge is 0.161 e. The number of thioether (sulfide) groups is 1. The first-order valence-corrected chi connectivity index (χ1v) is 7.58. The minimum absolute atomic E-state index is 0.490. The number of aryl methyl sites for hydroxylation is 2. The molecule has 0 aliphatic carbocycles. The quantitative estimate of drug-likeness (QED) is 0.881. The van der Waals surface area contributed by atoms with Crippen molar-refractivity contribution in [2.45, 2.75) is 40.2 Å². The van der Waals surface area contributed by atoms with Crippen LogP contribution in [0.1, 0.15) is 31.4 Å². The Morgan fingerprint density at radius 1 is 1.33 bits per heavy atom. The van der Waals surface area contributed by atoms with Crippen molar-refractivity contribution in [1.29, 1.82) is 0 Å². The van der Waals surface area contributed by atoms with Gasteiger partial charge >= 0.3 is 0 Å². The molecule has 1 atom stereocenters. The summed E-state index contributed by atoms with van der Waals surface area (Å²) in [7, 11) is 0. The van der Waals surface area contributed by atoms with Crippen molar-refractivity contribution in [2.24, 2.45) is 10.9 Å². The largest absolute Gasteiger partial charge is 0.335 e. The third-order valence-electron chi connectivity index (χ3n) is 3.21. The predicted molar refractivity (Wildman–Crippen MR) is 82.7 cm³/mol. The standard InChI is InChI=1S/C15H22N2S/c1-10(2)7-14-9-18-15(17-14)16-13-6-5-11(3)12(4)8-13/h5-6,8,10,14H,7,9H2,1-4H3,(H,16,17). The van der Waals surface area contributed by atoms with Crippen LogP contribution in [0.2, 0.25) is 0 Å². The predicted octanol–water partition coefficient (Wildman–Crippen LogP) is 4.23. The van der Waals surface area contributed by atoms with Crippen molar-refractivity contribution in [3.05, 3.63) is 29.3 Å². The van der Waals surface area contributed by atoms with Gasteiger partial charge in [0.05, 0.1) is 6.04 Å². The molecule has 2 nitrogen and oxygen atoms in total. The average molecular weight is 262 g/mol. The molecule has 1 N–H and O–H groups in total. The third kappa shape index (κ3) is 3.52. The number of nitrogens with one attached hydrogen (secondary N) is 1. The second kappa shape index (κ2) is 5.79. The highest BCUT2D eigenvalue weighted by Gasteiger charge is 2.19. The molecular formula is C15H22N2S. The van der Waals surface area contributed by atoms with Gasteiger partial charge in [-0.15, -0.1) is 0 Å². The summed E-state index contributed by atoms with van der Waals surface area (Å²) in [4.78, 5) is 4.74. The summed E-state index contributed by atoms with van der Waals surface area (Å²) < 4.78 is 0. The minimum atomic E-state index is 0.490. The normalized spacial score (nSPS) is 19.2. The highest BCUT2D eigenvalue weighted by Crippen LogP contribution is 2.24. The Bertz CT molecular complexity index is 452. The van der Waals surface area contributed by atoms with Crippen molar-refractivity contribution in [3.8, 4) is 0 Å². The van der Waals surface area contributed by atoms with Gasteiger partial charge in [-0.2, -0.15) is 0 Å². The van der Waals surface area contributed by atoms with Crippen LogP contribution >= 0.6 is 11.8 Å². The molecule has 2 rings (SSSR count). The Labute approximate surface area is 114 Å². The Morgan fingerprint density at radius 3 is 2.78 bits per heavy atom. The first-order chi connectivity index (χ1) is 8.54. The number of benzene rings is 1. The van der Waals surface area contributed by atoms with Gasteiger partial charge in [0.1, 0.15) is 0 Å². The second-order valence-corrected chi connectivity index (χ2v) is 6.46. The van der Waals surface area contributed by atoms with Gasteiger partial charge in [-0.1, -0.05) is 31.7 Å². The lowest BCUT2D eigenvalue weighted by atomic mass is 10.1. The first kappa shape index (κ1) is 13.5. The molecule has 1 aliphatic rings. The molecule has 1 aromatic carbocycles. The zero-order valence-electron chi connectivity index (χ0n) is 11.7. The highest BCUT2D eigenvalue weighted by molar-refractivity contribution is 8.14.